The van der Waals surface area contributed by atoms with E-state index in [0.29, 0.717) is 5.56 Å². The van der Waals surface area contributed by atoms with Gasteiger partial charge in [-0.05, 0) is 12.1 Å². The van der Waals surface area contributed by atoms with Crippen LogP contribution in [-0.2, 0) is 13.5 Å². The van der Waals surface area contributed by atoms with Gasteiger partial charge in [0.15, 0.2) is 0 Å². The third-order valence-corrected chi connectivity index (χ3v) is 2.50. The van der Waals surface area contributed by atoms with Crippen molar-refractivity contribution in [1.29, 1.82) is 5.26 Å². The fraction of sp³-hybridized carbons (Fsp3) is 0.250. The lowest BCUT2D eigenvalue weighted by molar-refractivity contribution is 0.815. The van der Waals surface area contributed by atoms with Gasteiger partial charge in [0.2, 0.25) is 0 Å². The molecule has 0 aliphatic heterocycles. The van der Waals surface area contributed by atoms with E-state index in [1.165, 1.54) is 5.69 Å². The predicted octanol–water partition coefficient (Wildman–Crippen LogP) is 1.34. The van der Waals surface area contributed by atoms with Gasteiger partial charge < -0.3 is 9.88 Å². The lowest BCUT2D eigenvalue weighted by atomic mass is 10.3. The summed E-state index contributed by atoms with van der Waals surface area (Å²) in [7, 11) is 1.97. The summed E-state index contributed by atoms with van der Waals surface area (Å²) in [5.41, 5.74) is 1.74. The first kappa shape index (κ1) is 11.1. The van der Waals surface area contributed by atoms with Gasteiger partial charge in [0.25, 0.3) is 0 Å². The molecule has 2 rings (SSSR count). The molecule has 0 fully saturated rings. The lowest BCUT2D eigenvalue weighted by Gasteiger charge is -2.05. The summed E-state index contributed by atoms with van der Waals surface area (Å²) in [6.45, 7) is 0.790. The molecule has 0 radical (unpaired) electrons. The van der Waals surface area contributed by atoms with Crippen molar-refractivity contribution in [2.45, 2.75) is 6.42 Å². The number of imidazole rings is 1. The van der Waals surface area contributed by atoms with E-state index in [9.17, 15) is 0 Å². The zero-order chi connectivity index (χ0) is 12.1. The number of rotatable bonds is 4. The average Bonchev–Trinajstić information content (AvgIpc) is 2.76. The molecule has 0 bridgehead atoms. The van der Waals surface area contributed by atoms with Gasteiger partial charge in [0.1, 0.15) is 11.9 Å². The van der Waals surface area contributed by atoms with Crippen LogP contribution in [0.3, 0.4) is 0 Å². The van der Waals surface area contributed by atoms with E-state index in [1.807, 2.05) is 29.9 Å². The van der Waals surface area contributed by atoms with Gasteiger partial charge in [0.05, 0.1) is 11.9 Å². The maximum absolute atomic E-state index is 8.64. The molecule has 0 atom stereocenters. The molecular formula is C12H13N5. The van der Waals surface area contributed by atoms with Crippen LogP contribution in [-0.4, -0.2) is 21.1 Å². The minimum atomic E-state index is 0.571. The van der Waals surface area contributed by atoms with Gasteiger partial charge in [0, 0.05) is 38.1 Å². The Morgan fingerprint density at radius 1 is 1.41 bits per heavy atom. The molecule has 0 unspecified atom stereocenters. The molecular weight excluding hydrogens is 214 g/mol. The standard InChI is InChI=1S/C12H13N5/c1-17-9-14-8-11(17)4-5-15-12-3-2-10(6-13)7-16-12/h2-3,7-9H,4-5H2,1H3,(H,15,16). The van der Waals surface area contributed by atoms with Gasteiger partial charge in [-0.2, -0.15) is 5.26 Å². The number of anilines is 1. The second-order valence-electron chi connectivity index (χ2n) is 3.72. The molecule has 0 saturated heterocycles. The quantitative estimate of drug-likeness (QED) is 0.856. The van der Waals surface area contributed by atoms with E-state index in [4.69, 9.17) is 5.26 Å². The number of nitrogens with one attached hydrogen (secondary N) is 1. The molecule has 0 amide bonds. The monoisotopic (exact) mass is 227 g/mol. The number of nitrogens with zero attached hydrogens (tertiary/aromatic N) is 4. The van der Waals surface area contributed by atoms with Gasteiger partial charge in [-0.3, -0.25) is 0 Å². The van der Waals surface area contributed by atoms with Crippen molar-refractivity contribution in [3.63, 3.8) is 0 Å². The van der Waals surface area contributed by atoms with E-state index in [1.54, 1.807) is 18.6 Å². The fourth-order valence-electron chi connectivity index (χ4n) is 1.51. The zero-order valence-corrected chi connectivity index (χ0v) is 9.59. The molecule has 0 spiro atoms. The highest BCUT2D eigenvalue weighted by atomic mass is 15.0. The highest BCUT2D eigenvalue weighted by Gasteiger charge is 1.98. The molecule has 17 heavy (non-hydrogen) atoms. The van der Waals surface area contributed by atoms with Crippen molar-refractivity contribution < 1.29 is 0 Å². The van der Waals surface area contributed by atoms with Crippen molar-refractivity contribution in [3.8, 4) is 6.07 Å². The Kier molecular flexibility index (Phi) is 3.36. The summed E-state index contributed by atoms with van der Waals surface area (Å²) in [4.78, 5) is 8.19. The predicted molar refractivity (Wildman–Crippen MR) is 64.4 cm³/mol. The van der Waals surface area contributed by atoms with Crippen LogP contribution in [0.1, 0.15) is 11.3 Å². The third kappa shape index (κ3) is 2.82. The van der Waals surface area contributed by atoms with Crippen LogP contribution in [0.5, 0.6) is 0 Å². The Labute approximate surface area is 99.7 Å². The maximum Gasteiger partial charge on any atom is 0.125 e. The summed E-state index contributed by atoms with van der Waals surface area (Å²) >= 11 is 0. The molecule has 1 N–H and O–H groups in total. The second-order valence-corrected chi connectivity index (χ2v) is 3.72. The Balaban J connectivity index is 1.86. The Bertz CT molecular complexity index is 521. The van der Waals surface area contributed by atoms with Crippen molar-refractivity contribution in [2.75, 3.05) is 11.9 Å². The summed E-state index contributed by atoms with van der Waals surface area (Å²) in [5.74, 6) is 0.783. The molecule has 5 heteroatoms. The van der Waals surface area contributed by atoms with Crippen LogP contribution in [0.25, 0.3) is 0 Å². The van der Waals surface area contributed by atoms with Crippen molar-refractivity contribution >= 4 is 5.82 Å². The Hall–Kier alpha value is -2.35. The van der Waals surface area contributed by atoms with Gasteiger partial charge >= 0.3 is 0 Å². The third-order valence-electron chi connectivity index (χ3n) is 2.50. The van der Waals surface area contributed by atoms with Crippen LogP contribution in [0.2, 0.25) is 0 Å². The van der Waals surface area contributed by atoms with Crippen molar-refractivity contribution in [3.05, 3.63) is 42.1 Å². The molecule has 2 aromatic heterocycles. The number of aryl methyl sites for hydroxylation is 1. The first-order valence-electron chi connectivity index (χ1n) is 5.35. The number of nitriles is 1. The first-order valence-corrected chi connectivity index (χ1v) is 5.35. The lowest BCUT2D eigenvalue weighted by Crippen LogP contribution is -2.08. The molecule has 0 aromatic carbocycles. The Morgan fingerprint density at radius 3 is 2.88 bits per heavy atom. The normalized spacial score (nSPS) is 9.88. The highest BCUT2D eigenvalue weighted by Crippen LogP contribution is 2.04. The van der Waals surface area contributed by atoms with Crippen LogP contribution < -0.4 is 5.32 Å². The maximum atomic E-state index is 8.64. The largest absolute Gasteiger partial charge is 0.370 e. The molecule has 86 valence electrons. The molecule has 0 aliphatic carbocycles. The molecule has 0 saturated carbocycles. The summed E-state index contributed by atoms with van der Waals surface area (Å²) in [6.07, 6.45) is 6.09. The van der Waals surface area contributed by atoms with Crippen LogP contribution >= 0.6 is 0 Å². The summed E-state index contributed by atoms with van der Waals surface area (Å²) < 4.78 is 1.99. The van der Waals surface area contributed by atoms with E-state index in [0.717, 1.165) is 18.8 Å². The van der Waals surface area contributed by atoms with E-state index in [-0.39, 0.29) is 0 Å². The highest BCUT2D eigenvalue weighted by molar-refractivity contribution is 5.38. The van der Waals surface area contributed by atoms with Crippen LogP contribution in [0.15, 0.2) is 30.9 Å². The Morgan fingerprint density at radius 2 is 2.29 bits per heavy atom. The van der Waals surface area contributed by atoms with Crippen LogP contribution in [0.4, 0.5) is 5.82 Å². The van der Waals surface area contributed by atoms with Gasteiger partial charge in [-0.25, -0.2) is 9.97 Å². The minimum absolute atomic E-state index is 0.571. The SMILES string of the molecule is Cn1cncc1CCNc1ccc(C#N)cn1. The number of pyridine rings is 1. The topological polar surface area (TPSA) is 66.5 Å². The van der Waals surface area contributed by atoms with E-state index in [2.05, 4.69) is 15.3 Å². The minimum Gasteiger partial charge on any atom is -0.370 e. The van der Waals surface area contributed by atoms with E-state index < -0.39 is 0 Å². The number of hydrogen-bond acceptors (Lipinski definition) is 4. The van der Waals surface area contributed by atoms with E-state index >= 15 is 0 Å². The van der Waals surface area contributed by atoms with Crippen molar-refractivity contribution in [2.24, 2.45) is 7.05 Å². The number of hydrogen-bond donors (Lipinski definition) is 1. The summed E-state index contributed by atoms with van der Waals surface area (Å²) in [5, 5.41) is 11.8. The fourth-order valence-corrected chi connectivity index (χ4v) is 1.51. The van der Waals surface area contributed by atoms with Crippen LogP contribution in [0, 0.1) is 11.3 Å². The first-order chi connectivity index (χ1) is 8.29. The number of aromatic nitrogens is 3. The molecule has 2 heterocycles. The molecule has 0 aliphatic rings. The average molecular weight is 227 g/mol. The molecule has 2 aromatic rings. The van der Waals surface area contributed by atoms with Gasteiger partial charge in [-0.15, -0.1) is 0 Å². The zero-order valence-electron chi connectivity index (χ0n) is 9.59. The molecule has 5 nitrogen and oxygen atoms in total. The smallest absolute Gasteiger partial charge is 0.125 e. The summed E-state index contributed by atoms with van der Waals surface area (Å²) in [6, 6.07) is 5.59. The second kappa shape index (κ2) is 5.12. The van der Waals surface area contributed by atoms with Gasteiger partial charge in [-0.1, -0.05) is 0 Å². The van der Waals surface area contributed by atoms with Crippen molar-refractivity contribution in [1.82, 2.24) is 14.5 Å².